The van der Waals surface area contributed by atoms with Gasteiger partial charge < -0.3 is 9.64 Å². The summed E-state index contributed by atoms with van der Waals surface area (Å²) in [5, 5.41) is 0. The third kappa shape index (κ3) is 3.39. The minimum Gasteiger partial charge on any atom is -0.385 e. The molecule has 0 aromatic carbocycles. The lowest BCUT2D eigenvalue weighted by Crippen LogP contribution is -2.24. The molecule has 2 heterocycles. The molecule has 0 aliphatic heterocycles. The van der Waals surface area contributed by atoms with Crippen LogP contribution in [0.3, 0.4) is 0 Å². The Hall–Kier alpha value is -2.26. The number of hydrazine groups is 1. The van der Waals surface area contributed by atoms with Gasteiger partial charge in [-0.05, 0) is 6.42 Å². The number of rotatable bonds is 7. The number of nitrogen functional groups attached to an aromatic ring is 1. The Morgan fingerprint density at radius 2 is 2.25 bits per heavy atom. The third-order valence-electron chi connectivity index (χ3n) is 2.66. The average molecular weight is 278 g/mol. The van der Waals surface area contributed by atoms with Gasteiger partial charge >= 0.3 is 0 Å². The molecule has 0 bridgehead atoms. The molecular formula is C11H18N8O. The normalized spacial score (nSPS) is 10.6. The summed E-state index contributed by atoms with van der Waals surface area (Å²) in [4.78, 5) is 18.7. The number of nitrogens with one attached hydrogen (secondary N) is 1. The van der Waals surface area contributed by atoms with E-state index in [0.717, 1.165) is 13.0 Å². The maximum absolute atomic E-state index is 5.40. The minimum atomic E-state index is 0.303. The zero-order chi connectivity index (χ0) is 14.4. The monoisotopic (exact) mass is 278 g/mol. The number of nitrogens with zero attached hydrogens (tertiary/aromatic N) is 6. The number of anilines is 2. The van der Waals surface area contributed by atoms with Gasteiger partial charge in [0.15, 0.2) is 0 Å². The van der Waals surface area contributed by atoms with Crippen molar-refractivity contribution in [1.82, 2.24) is 24.5 Å². The van der Waals surface area contributed by atoms with Crippen molar-refractivity contribution in [3.63, 3.8) is 0 Å². The summed E-state index contributed by atoms with van der Waals surface area (Å²) in [6.45, 7) is 1.46. The van der Waals surface area contributed by atoms with Crippen LogP contribution in [-0.4, -0.2) is 51.8 Å². The molecule has 0 saturated carbocycles. The van der Waals surface area contributed by atoms with Gasteiger partial charge in [-0.1, -0.05) is 0 Å². The van der Waals surface area contributed by atoms with Crippen LogP contribution >= 0.6 is 0 Å². The standard InChI is InChI=1S/C11H18N8O/c1-18(5-3-7-20-2)10-14-9(17-12)15-11(16-10)19-6-4-13-8-19/h4,6,8H,3,5,7,12H2,1-2H3,(H,14,15,16,17). The van der Waals surface area contributed by atoms with Crippen LogP contribution in [0.5, 0.6) is 0 Å². The molecule has 20 heavy (non-hydrogen) atoms. The van der Waals surface area contributed by atoms with Crippen LogP contribution in [0.25, 0.3) is 5.95 Å². The van der Waals surface area contributed by atoms with Crippen molar-refractivity contribution < 1.29 is 4.74 Å². The first kappa shape index (κ1) is 14.2. The smallest absolute Gasteiger partial charge is 0.243 e. The van der Waals surface area contributed by atoms with E-state index in [9.17, 15) is 0 Å². The molecule has 3 N–H and O–H groups in total. The van der Waals surface area contributed by atoms with E-state index < -0.39 is 0 Å². The Morgan fingerprint density at radius 3 is 2.90 bits per heavy atom. The summed E-state index contributed by atoms with van der Waals surface area (Å²) in [6.07, 6.45) is 5.90. The fourth-order valence-corrected chi connectivity index (χ4v) is 1.63. The molecule has 0 atom stereocenters. The van der Waals surface area contributed by atoms with Gasteiger partial charge in [-0.15, -0.1) is 0 Å². The van der Waals surface area contributed by atoms with Crippen molar-refractivity contribution in [2.45, 2.75) is 6.42 Å². The Kier molecular flexibility index (Phi) is 4.80. The Balaban J connectivity index is 2.22. The fraction of sp³-hybridized carbons (Fsp3) is 0.455. The third-order valence-corrected chi connectivity index (χ3v) is 2.66. The number of hydrogen-bond donors (Lipinski definition) is 2. The summed E-state index contributed by atoms with van der Waals surface area (Å²) < 4.78 is 6.72. The van der Waals surface area contributed by atoms with Gasteiger partial charge in [0.25, 0.3) is 0 Å². The molecule has 9 heteroatoms. The second kappa shape index (κ2) is 6.78. The van der Waals surface area contributed by atoms with E-state index >= 15 is 0 Å². The quantitative estimate of drug-likeness (QED) is 0.408. The van der Waals surface area contributed by atoms with Crippen molar-refractivity contribution in [3.05, 3.63) is 18.7 Å². The molecule has 0 aliphatic carbocycles. The molecular weight excluding hydrogens is 260 g/mol. The van der Waals surface area contributed by atoms with Gasteiger partial charge in [0.2, 0.25) is 17.8 Å². The van der Waals surface area contributed by atoms with Crippen molar-refractivity contribution in [2.24, 2.45) is 5.84 Å². The van der Waals surface area contributed by atoms with Gasteiger partial charge in [0, 0.05) is 39.7 Å². The highest BCUT2D eigenvalue weighted by Crippen LogP contribution is 2.11. The zero-order valence-electron chi connectivity index (χ0n) is 11.5. The number of aromatic nitrogens is 5. The van der Waals surface area contributed by atoms with Crippen molar-refractivity contribution in [1.29, 1.82) is 0 Å². The lowest BCUT2D eigenvalue weighted by molar-refractivity contribution is 0.196. The predicted molar refractivity (Wildman–Crippen MR) is 74.5 cm³/mol. The summed E-state index contributed by atoms with van der Waals surface area (Å²) in [7, 11) is 3.58. The fourth-order valence-electron chi connectivity index (χ4n) is 1.63. The number of nitrogens with two attached hydrogens (primary N) is 1. The van der Waals surface area contributed by atoms with E-state index in [1.54, 1.807) is 30.4 Å². The molecule has 108 valence electrons. The van der Waals surface area contributed by atoms with Crippen LogP contribution in [0.15, 0.2) is 18.7 Å². The first-order valence-electron chi connectivity index (χ1n) is 6.15. The lowest BCUT2D eigenvalue weighted by atomic mass is 10.4. The molecule has 0 spiro atoms. The average Bonchev–Trinajstić information content (AvgIpc) is 3.01. The first-order valence-corrected chi connectivity index (χ1v) is 6.15. The lowest BCUT2D eigenvalue weighted by Gasteiger charge is -2.17. The van der Waals surface area contributed by atoms with Crippen LogP contribution in [0.1, 0.15) is 6.42 Å². The SMILES string of the molecule is COCCCN(C)c1nc(NN)nc(-n2ccnc2)n1. The zero-order valence-corrected chi connectivity index (χ0v) is 11.5. The molecule has 2 rings (SSSR count). The second-order valence-electron chi connectivity index (χ2n) is 4.14. The van der Waals surface area contributed by atoms with Crippen LogP contribution in [0.2, 0.25) is 0 Å². The second-order valence-corrected chi connectivity index (χ2v) is 4.14. The molecule has 0 unspecified atom stereocenters. The molecule has 9 nitrogen and oxygen atoms in total. The van der Waals surface area contributed by atoms with Crippen molar-refractivity contribution in [3.8, 4) is 5.95 Å². The summed E-state index contributed by atoms with van der Waals surface area (Å²) in [5.41, 5.74) is 2.44. The molecule has 0 amide bonds. The summed E-state index contributed by atoms with van der Waals surface area (Å²) in [5.74, 6) is 6.69. The van der Waals surface area contributed by atoms with E-state index in [1.807, 2.05) is 11.9 Å². The van der Waals surface area contributed by atoms with Gasteiger partial charge in [-0.25, -0.2) is 10.8 Å². The van der Waals surface area contributed by atoms with E-state index in [0.29, 0.717) is 24.5 Å². The Labute approximate surface area is 116 Å². The minimum absolute atomic E-state index is 0.303. The van der Waals surface area contributed by atoms with Crippen LogP contribution in [0.4, 0.5) is 11.9 Å². The van der Waals surface area contributed by atoms with Crippen LogP contribution in [-0.2, 0) is 4.74 Å². The first-order chi connectivity index (χ1) is 9.74. The number of imidazole rings is 1. The topological polar surface area (TPSA) is 107 Å². The summed E-state index contributed by atoms with van der Waals surface area (Å²) in [6, 6.07) is 0. The van der Waals surface area contributed by atoms with Crippen LogP contribution < -0.4 is 16.2 Å². The predicted octanol–water partition coefficient (Wildman–Crippen LogP) is -0.184. The van der Waals surface area contributed by atoms with Gasteiger partial charge in [0.1, 0.15) is 6.33 Å². The van der Waals surface area contributed by atoms with Gasteiger partial charge in [-0.2, -0.15) is 15.0 Å². The Bertz CT molecular complexity index is 529. The van der Waals surface area contributed by atoms with E-state index in [2.05, 4.69) is 25.4 Å². The van der Waals surface area contributed by atoms with E-state index in [4.69, 9.17) is 10.6 Å². The highest BCUT2D eigenvalue weighted by molar-refractivity contribution is 5.38. The van der Waals surface area contributed by atoms with Crippen molar-refractivity contribution >= 4 is 11.9 Å². The highest BCUT2D eigenvalue weighted by atomic mass is 16.5. The maximum atomic E-state index is 5.40. The van der Waals surface area contributed by atoms with Gasteiger partial charge in [0.05, 0.1) is 0 Å². The molecule has 0 radical (unpaired) electrons. The summed E-state index contributed by atoms with van der Waals surface area (Å²) >= 11 is 0. The van der Waals surface area contributed by atoms with E-state index in [-0.39, 0.29) is 0 Å². The molecule has 2 aromatic rings. The molecule has 0 saturated heterocycles. The van der Waals surface area contributed by atoms with E-state index in [1.165, 1.54) is 0 Å². The highest BCUT2D eigenvalue weighted by Gasteiger charge is 2.10. The number of hydrogen-bond acceptors (Lipinski definition) is 8. The maximum Gasteiger partial charge on any atom is 0.243 e. The largest absolute Gasteiger partial charge is 0.385 e. The molecule has 0 aliphatic rings. The number of ether oxygens (including phenoxy) is 1. The van der Waals surface area contributed by atoms with Gasteiger partial charge in [-0.3, -0.25) is 9.99 Å². The number of methoxy groups -OCH3 is 1. The molecule has 0 fully saturated rings. The molecule has 2 aromatic heterocycles. The van der Waals surface area contributed by atoms with Crippen molar-refractivity contribution in [2.75, 3.05) is 37.6 Å². The van der Waals surface area contributed by atoms with Crippen LogP contribution in [0, 0.1) is 0 Å². The Morgan fingerprint density at radius 1 is 1.40 bits per heavy atom.